The first-order valence-corrected chi connectivity index (χ1v) is 8.89. The van der Waals surface area contributed by atoms with Crippen molar-refractivity contribution in [3.05, 3.63) is 35.9 Å². The van der Waals surface area contributed by atoms with Crippen molar-refractivity contribution in [2.75, 3.05) is 0 Å². The van der Waals surface area contributed by atoms with Crippen molar-refractivity contribution in [3.8, 4) is 0 Å². The molecule has 0 aromatic heterocycles. The van der Waals surface area contributed by atoms with Crippen LogP contribution in [0.15, 0.2) is 30.3 Å². The van der Waals surface area contributed by atoms with Gasteiger partial charge in [-0.2, -0.15) is 0 Å². The Morgan fingerprint density at radius 3 is 2.57 bits per heavy atom. The first-order valence-electron chi connectivity index (χ1n) is 7.91. The molecule has 1 aromatic carbocycles. The van der Waals surface area contributed by atoms with E-state index in [0.29, 0.717) is 11.5 Å². The standard InChI is InChI=1S/C18H25NOS/c1-17(2)14-9-10-18(17,3)15(11-14)19-16(20)21-12-13-7-5-4-6-8-13/h4-8,14-15H,9-12H2,1-3H3,(H,19,20)/t14-,15+,18-/m0/s1. The van der Waals surface area contributed by atoms with Crippen molar-refractivity contribution in [2.24, 2.45) is 16.7 Å². The number of benzene rings is 1. The molecule has 2 bridgehead atoms. The van der Waals surface area contributed by atoms with Gasteiger partial charge < -0.3 is 5.32 Å². The molecule has 1 N–H and O–H groups in total. The number of thioether (sulfide) groups is 1. The molecular formula is C18H25NOS. The highest BCUT2D eigenvalue weighted by molar-refractivity contribution is 8.12. The maximum Gasteiger partial charge on any atom is 0.279 e. The van der Waals surface area contributed by atoms with E-state index in [-0.39, 0.29) is 10.7 Å². The van der Waals surface area contributed by atoms with Crippen LogP contribution in [0.1, 0.15) is 45.6 Å². The topological polar surface area (TPSA) is 29.1 Å². The van der Waals surface area contributed by atoms with Crippen LogP contribution < -0.4 is 5.32 Å². The average Bonchev–Trinajstić information content (AvgIpc) is 2.79. The van der Waals surface area contributed by atoms with Crippen molar-refractivity contribution >= 4 is 17.0 Å². The van der Waals surface area contributed by atoms with Gasteiger partial charge in [0.1, 0.15) is 0 Å². The zero-order valence-electron chi connectivity index (χ0n) is 13.2. The maximum atomic E-state index is 12.3. The SMILES string of the molecule is CC1(C)[C@H]2CC[C@@]1(C)[C@H](NC(=O)SCc1ccccc1)C2. The Balaban J connectivity index is 1.57. The lowest BCUT2D eigenvalue weighted by atomic mass is 9.69. The highest BCUT2D eigenvalue weighted by Crippen LogP contribution is 2.65. The van der Waals surface area contributed by atoms with E-state index in [9.17, 15) is 4.79 Å². The lowest BCUT2D eigenvalue weighted by Gasteiger charge is -2.39. The van der Waals surface area contributed by atoms with Gasteiger partial charge in [0, 0.05) is 11.8 Å². The Kier molecular flexibility index (Phi) is 3.81. The van der Waals surface area contributed by atoms with E-state index >= 15 is 0 Å². The van der Waals surface area contributed by atoms with Gasteiger partial charge in [-0.3, -0.25) is 4.79 Å². The number of hydrogen-bond donors (Lipinski definition) is 1. The van der Waals surface area contributed by atoms with Gasteiger partial charge in [0.15, 0.2) is 0 Å². The third kappa shape index (κ3) is 2.50. The molecule has 0 spiro atoms. The number of rotatable bonds is 3. The molecule has 114 valence electrons. The lowest BCUT2D eigenvalue weighted by molar-refractivity contribution is 0.126. The summed E-state index contributed by atoms with van der Waals surface area (Å²) in [4.78, 5) is 12.3. The van der Waals surface area contributed by atoms with Crippen molar-refractivity contribution in [1.82, 2.24) is 5.32 Å². The van der Waals surface area contributed by atoms with Gasteiger partial charge in [0.25, 0.3) is 5.24 Å². The summed E-state index contributed by atoms with van der Waals surface area (Å²) in [6.45, 7) is 7.13. The molecule has 1 aromatic rings. The summed E-state index contributed by atoms with van der Waals surface area (Å²) in [6, 6.07) is 10.5. The van der Waals surface area contributed by atoms with E-state index in [4.69, 9.17) is 0 Å². The summed E-state index contributed by atoms with van der Waals surface area (Å²) >= 11 is 1.39. The summed E-state index contributed by atoms with van der Waals surface area (Å²) in [7, 11) is 0. The second-order valence-electron chi connectivity index (χ2n) is 7.37. The van der Waals surface area contributed by atoms with Gasteiger partial charge in [-0.15, -0.1) is 0 Å². The molecule has 1 amide bonds. The minimum Gasteiger partial charge on any atom is -0.344 e. The molecule has 2 fully saturated rings. The Bertz CT molecular complexity index is 527. The smallest absolute Gasteiger partial charge is 0.279 e. The average molecular weight is 303 g/mol. The predicted molar refractivity (Wildman–Crippen MR) is 89.3 cm³/mol. The molecular weight excluding hydrogens is 278 g/mol. The lowest BCUT2D eigenvalue weighted by Crippen LogP contribution is -2.45. The minimum atomic E-state index is 0.133. The normalized spacial score (nSPS) is 33.1. The van der Waals surface area contributed by atoms with Crippen molar-refractivity contribution < 1.29 is 4.79 Å². The monoisotopic (exact) mass is 303 g/mol. The Morgan fingerprint density at radius 1 is 1.29 bits per heavy atom. The van der Waals surface area contributed by atoms with Crippen molar-refractivity contribution in [3.63, 3.8) is 0 Å². The molecule has 2 aliphatic carbocycles. The van der Waals surface area contributed by atoms with Gasteiger partial charge >= 0.3 is 0 Å². The van der Waals surface area contributed by atoms with Crippen LogP contribution in [0.2, 0.25) is 0 Å². The van der Waals surface area contributed by atoms with Crippen LogP contribution in [0.25, 0.3) is 0 Å². The molecule has 0 radical (unpaired) electrons. The van der Waals surface area contributed by atoms with Gasteiger partial charge in [0.2, 0.25) is 0 Å². The summed E-state index contributed by atoms with van der Waals surface area (Å²) in [5, 5.41) is 3.43. The van der Waals surface area contributed by atoms with Crippen LogP contribution in [0.3, 0.4) is 0 Å². The quantitative estimate of drug-likeness (QED) is 0.865. The Hall–Kier alpha value is -0.960. The first kappa shape index (κ1) is 15.0. The molecule has 2 aliphatic rings. The number of fused-ring (bicyclic) bond motifs is 2. The van der Waals surface area contributed by atoms with Crippen LogP contribution >= 0.6 is 11.8 Å². The molecule has 2 nitrogen and oxygen atoms in total. The highest BCUT2D eigenvalue weighted by Gasteiger charge is 2.61. The van der Waals surface area contributed by atoms with Crippen molar-refractivity contribution in [1.29, 1.82) is 0 Å². The van der Waals surface area contributed by atoms with Crippen LogP contribution in [0, 0.1) is 16.7 Å². The summed E-state index contributed by atoms with van der Waals surface area (Å²) in [5.41, 5.74) is 1.83. The second kappa shape index (κ2) is 5.35. The Morgan fingerprint density at radius 2 is 2.00 bits per heavy atom. The molecule has 3 atom stereocenters. The third-order valence-corrected chi connectivity index (χ3v) is 7.16. The predicted octanol–water partition coefficient (Wildman–Crippen LogP) is 4.84. The zero-order chi connectivity index (χ0) is 15.1. The highest BCUT2D eigenvalue weighted by atomic mass is 32.2. The molecule has 0 aliphatic heterocycles. The van der Waals surface area contributed by atoms with E-state index in [1.807, 2.05) is 18.2 Å². The van der Waals surface area contributed by atoms with Gasteiger partial charge in [0.05, 0.1) is 0 Å². The van der Waals surface area contributed by atoms with E-state index in [1.165, 1.54) is 30.2 Å². The van der Waals surface area contributed by atoms with E-state index in [0.717, 1.165) is 18.1 Å². The minimum absolute atomic E-state index is 0.133. The number of carbonyl (C=O) groups is 1. The van der Waals surface area contributed by atoms with Gasteiger partial charge in [-0.1, -0.05) is 62.9 Å². The van der Waals surface area contributed by atoms with E-state index < -0.39 is 0 Å². The summed E-state index contributed by atoms with van der Waals surface area (Å²) < 4.78 is 0. The molecule has 0 unspecified atom stereocenters. The Labute approximate surface area is 132 Å². The molecule has 3 heteroatoms. The number of carbonyl (C=O) groups excluding carboxylic acids is 1. The molecule has 21 heavy (non-hydrogen) atoms. The van der Waals surface area contributed by atoms with Crippen LogP contribution in [-0.4, -0.2) is 11.3 Å². The molecule has 0 saturated heterocycles. The summed E-state index contributed by atoms with van der Waals surface area (Å²) in [5.74, 6) is 1.52. The fourth-order valence-corrected chi connectivity index (χ4v) is 5.04. The van der Waals surface area contributed by atoms with Crippen LogP contribution in [0.4, 0.5) is 4.79 Å². The molecule has 3 rings (SSSR count). The van der Waals surface area contributed by atoms with Crippen molar-refractivity contribution in [2.45, 2.75) is 51.8 Å². The largest absolute Gasteiger partial charge is 0.344 e. The number of amides is 1. The second-order valence-corrected chi connectivity index (χ2v) is 8.32. The number of hydrogen-bond acceptors (Lipinski definition) is 2. The van der Waals surface area contributed by atoms with Gasteiger partial charge in [-0.25, -0.2) is 0 Å². The van der Waals surface area contributed by atoms with Gasteiger partial charge in [-0.05, 0) is 41.6 Å². The maximum absolute atomic E-state index is 12.3. The van der Waals surface area contributed by atoms with Crippen LogP contribution in [0.5, 0.6) is 0 Å². The zero-order valence-corrected chi connectivity index (χ0v) is 14.0. The molecule has 0 heterocycles. The third-order valence-electron chi connectivity index (χ3n) is 6.30. The van der Waals surface area contributed by atoms with E-state index in [1.54, 1.807) is 0 Å². The fraction of sp³-hybridized carbons (Fsp3) is 0.611. The molecule has 2 saturated carbocycles. The van der Waals surface area contributed by atoms with E-state index in [2.05, 4.69) is 38.2 Å². The number of nitrogens with one attached hydrogen (secondary N) is 1. The summed E-state index contributed by atoms with van der Waals surface area (Å²) in [6.07, 6.45) is 3.73. The fourth-order valence-electron chi connectivity index (χ4n) is 4.33. The van der Waals surface area contributed by atoms with Crippen LogP contribution in [-0.2, 0) is 5.75 Å². The first-order chi connectivity index (χ1) is 9.93.